The van der Waals surface area contributed by atoms with Gasteiger partial charge in [-0.2, -0.15) is 0 Å². The fourth-order valence-corrected chi connectivity index (χ4v) is 3.81. The summed E-state index contributed by atoms with van der Waals surface area (Å²) in [6.07, 6.45) is 3.65. The van der Waals surface area contributed by atoms with Crippen molar-refractivity contribution in [3.05, 3.63) is 29.3 Å². The monoisotopic (exact) mass is 250 g/mol. The van der Waals surface area contributed by atoms with Crippen molar-refractivity contribution in [1.29, 1.82) is 0 Å². The molecule has 0 radical (unpaired) electrons. The van der Waals surface area contributed by atoms with Crippen LogP contribution in [0.5, 0.6) is 0 Å². The minimum Gasteiger partial charge on any atom is -0.480 e. The van der Waals surface area contributed by atoms with Crippen LogP contribution < -0.4 is 0 Å². The Morgan fingerprint density at radius 1 is 1.29 bits per heavy atom. The van der Waals surface area contributed by atoms with Crippen LogP contribution in [0.4, 0.5) is 0 Å². The van der Waals surface area contributed by atoms with Crippen molar-refractivity contribution in [2.75, 3.05) is 0 Å². The van der Waals surface area contributed by atoms with E-state index in [9.17, 15) is 9.90 Å². The summed E-state index contributed by atoms with van der Waals surface area (Å²) in [5.41, 5.74) is 2.37. The molecule has 0 saturated heterocycles. The molecule has 1 aliphatic carbocycles. The molecule has 3 heteroatoms. The van der Waals surface area contributed by atoms with Crippen molar-refractivity contribution in [3.63, 3.8) is 0 Å². The van der Waals surface area contributed by atoms with E-state index in [1.165, 1.54) is 11.1 Å². The molecular formula is C14H18O2S. The number of rotatable bonds is 3. The molecule has 1 fully saturated rings. The smallest absolute Gasteiger partial charge is 0.320 e. The topological polar surface area (TPSA) is 37.3 Å². The van der Waals surface area contributed by atoms with E-state index < -0.39 is 10.7 Å². The number of carboxylic acids is 1. The summed E-state index contributed by atoms with van der Waals surface area (Å²) in [6, 6.07) is 6.24. The third-order valence-electron chi connectivity index (χ3n) is 3.45. The lowest BCUT2D eigenvalue weighted by Crippen LogP contribution is -2.31. The molecule has 0 heterocycles. The maximum absolute atomic E-state index is 11.5. The van der Waals surface area contributed by atoms with E-state index in [0.29, 0.717) is 0 Å². The van der Waals surface area contributed by atoms with E-state index in [1.54, 1.807) is 11.8 Å². The zero-order valence-corrected chi connectivity index (χ0v) is 11.1. The van der Waals surface area contributed by atoms with Crippen molar-refractivity contribution in [3.8, 4) is 0 Å². The summed E-state index contributed by atoms with van der Waals surface area (Å²) in [5, 5.41) is 9.46. The molecule has 1 aromatic rings. The number of hydrogen-bond donors (Lipinski definition) is 1. The summed E-state index contributed by atoms with van der Waals surface area (Å²) in [4.78, 5) is 12.6. The molecule has 0 spiro atoms. The molecule has 0 amide bonds. The molecule has 2 rings (SSSR count). The van der Waals surface area contributed by atoms with Crippen LogP contribution in [0.25, 0.3) is 0 Å². The molecule has 0 bridgehead atoms. The van der Waals surface area contributed by atoms with Gasteiger partial charge in [-0.25, -0.2) is 0 Å². The Balaban J connectivity index is 2.29. The van der Waals surface area contributed by atoms with Crippen molar-refractivity contribution in [1.82, 2.24) is 0 Å². The first kappa shape index (κ1) is 12.5. The highest BCUT2D eigenvalue weighted by Crippen LogP contribution is 2.46. The second kappa shape index (κ2) is 4.73. The molecule has 17 heavy (non-hydrogen) atoms. The Bertz CT molecular complexity index is 434. The zero-order chi connectivity index (χ0) is 12.5. The molecule has 92 valence electrons. The molecule has 2 nitrogen and oxygen atoms in total. The molecule has 0 aromatic heterocycles. The second-order valence-electron chi connectivity index (χ2n) is 4.88. The van der Waals surface area contributed by atoms with Gasteiger partial charge in [0.25, 0.3) is 0 Å². The van der Waals surface area contributed by atoms with Crippen molar-refractivity contribution in [2.45, 2.75) is 49.2 Å². The maximum atomic E-state index is 11.5. The zero-order valence-electron chi connectivity index (χ0n) is 10.3. The predicted molar refractivity (Wildman–Crippen MR) is 70.6 cm³/mol. The number of carbonyl (C=O) groups is 1. The highest BCUT2D eigenvalue weighted by molar-refractivity contribution is 8.01. The van der Waals surface area contributed by atoms with Gasteiger partial charge in [0.2, 0.25) is 0 Å². The van der Waals surface area contributed by atoms with Crippen molar-refractivity contribution >= 4 is 17.7 Å². The summed E-state index contributed by atoms with van der Waals surface area (Å²) < 4.78 is -0.585. The number of thioether (sulfide) groups is 1. The third-order valence-corrected chi connectivity index (χ3v) is 5.08. The Hall–Kier alpha value is -0.960. The first-order valence-electron chi connectivity index (χ1n) is 6.03. The lowest BCUT2D eigenvalue weighted by molar-refractivity contribution is -0.139. The highest BCUT2D eigenvalue weighted by Gasteiger charge is 2.42. The van der Waals surface area contributed by atoms with E-state index in [2.05, 4.69) is 18.2 Å². The van der Waals surface area contributed by atoms with Crippen LogP contribution in [0, 0.1) is 13.8 Å². The van der Waals surface area contributed by atoms with Gasteiger partial charge in [-0.3, -0.25) is 4.79 Å². The first-order chi connectivity index (χ1) is 8.03. The molecule has 0 aliphatic heterocycles. The van der Waals surface area contributed by atoms with Gasteiger partial charge < -0.3 is 5.11 Å². The number of aliphatic carboxylic acids is 1. The molecule has 1 aliphatic rings. The van der Waals surface area contributed by atoms with E-state index in [-0.39, 0.29) is 0 Å². The van der Waals surface area contributed by atoms with Crippen LogP contribution in [0.1, 0.15) is 36.8 Å². The van der Waals surface area contributed by atoms with Crippen molar-refractivity contribution < 1.29 is 9.90 Å². The van der Waals surface area contributed by atoms with Crippen LogP contribution in [-0.4, -0.2) is 15.8 Å². The Morgan fingerprint density at radius 3 is 2.53 bits per heavy atom. The minimum atomic E-state index is -0.652. The molecule has 1 N–H and O–H groups in total. The molecular weight excluding hydrogens is 232 g/mol. The van der Waals surface area contributed by atoms with Gasteiger partial charge >= 0.3 is 5.97 Å². The number of benzene rings is 1. The van der Waals surface area contributed by atoms with Gasteiger partial charge in [-0.15, -0.1) is 11.8 Å². The van der Waals surface area contributed by atoms with Crippen LogP contribution in [0.3, 0.4) is 0 Å². The Labute approximate surface area is 106 Å². The first-order valence-corrected chi connectivity index (χ1v) is 6.85. The van der Waals surface area contributed by atoms with Gasteiger partial charge in [-0.1, -0.05) is 30.5 Å². The predicted octanol–water partition coefficient (Wildman–Crippen LogP) is 3.79. The standard InChI is InChI=1S/C14H18O2S/c1-10-5-6-11(2)12(9-10)17-14(13(15)16)7-3-4-8-14/h5-6,9H,3-4,7-8H2,1-2H3,(H,15,16). The van der Waals surface area contributed by atoms with E-state index in [0.717, 1.165) is 30.6 Å². The molecule has 0 atom stereocenters. The lowest BCUT2D eigenvalue weighted by Gasteiger charge is -2.24. The third kappa shape index (κ3) is 2.49. The van der Waals surface area contributed by atoms with Gasteiger partial charge in [-0.05, 0) is 38.3 Å². The fraction of sp³-hybridized carbons (Fsp3) is 0.500. The maximum Gasteiger partial charge on any atom is 0.320 e. The van der Waals surface area contributed by atoms with Crippen LogP contribution in [0.15, 0.2) is 23.1 Å². The summed E-state index contributed by atoms with van der Waals surface area (Å²) in [6.45, 7) is 4.10. The quantitative estimate of drug-likeness (QED) is 0.886. The van der Waals surface area contributed by atoms with E-state index >= 15 is 0 Å². The number of aryl methyl sites for hydroxylation is 2. The fourth-order valence-electron chi connectivity index (χ4n) is 2.33. The van der Waals surface area contributed by atoms with Crippen LogP contribution in [0.2, 0.25) is 0 Å². The van der Waals surface area contributed by atoms with E-state index in [4.69, 9.17) is 0 Å². The minimum absolute atomic E-state index is 0.585. The normalized spacial score (nSPS) is 18.2. The lowest BCUT2D eigenvalue weighted by atomic mass is 10.1. The van der Waals surface area contributed by atoms with Gasteiger partial charge in [0, 0.05) is 4.90 Å². The second-order valence-corrected chi connectivity index (χ2v) is 6.30. The molecule has 1 saturated carbocycles. The number of carboxylic acid groups (broad SMARTS) is 1. The molecule has 1 aromatic carbocycles. The van der Waals surface area contributed by atoms with Crippen LogP contribution >= 0.6 is 11.8 Å². The average Bonchev–Trinajstić information content (AvgIpc) is 2.73. The summed E-state index contributed by atoms with van der Waals surface area (Å²) in [7, 11) is 0. The van der Waals surface area contributed by atoms with Crippen molar-refractivity contribution in [2.24, 2.45) is 0 Å². The SMILES string of the molecule is Cc1ccc(C)c(SC2(C(=O)O)CCCC2)c1. The summed E-state index contributed by atoms with van der Waals surface area (Å²) >= 11 is 1.55. The van der Waals surface area contributed by atoms with E-state index in [1.807, 2.05) is 13.8 Å². The summed E-state index contributed by atoms with van der Waals surface area (Å²) in [5.74, 6) is -0.652. The average molecular weight is 250 g/mol. The Morgan fingerprint density at radius 2 is 1.94 bits per heavy atom. The van der Waals surface area contributed by atoms with Gasteiger partial charge in [0.15, 0.2) is 0 Å². The number of hydrogen-bond acceptors (Lipinski definition) is 2. The largest absolute Gasteiger partial charge is 0.480 e. The highest BCUT2D eigenvalue weighted by atomic mass is 32.2. The Kier molecular flexibility index (Phi) is 3.48. The van der Waals surface area contributed by atoms with Crippen LogP contribution in [-0.2, 0) is 4.79 Å². The van der Waals surface area contributed by atoms with Gasteiger partial charge in [0.1, 0.15) is 4.75 Å². The molecule has 0 unspecified atom stereocenters. The van der Waals surface area contributed by atoms with Gasteiger partial charge in [0.05, 0.1) is 0 Å².